The quantitative estimate of drug-likeness (QED) is 0.655. The second kappa shape index (κ2) is 10.00. The fraction of sp³-hybridized carbons (Fsp3) is 0.588. The molecule has 0 aliphatic carbocycles. The van der Waals surface area contributed by atoms with Crippen molar-refractivity contribution in [2.24, 2.45) is 0 Å². The topological polar surface area (TPSA) is 72.0 Å². The highest BCUT2D eigenvalue weighted by Crippen LogP contribution is 2.06. The summed E-state index contributed by atoms with van der Waals surface area (Å²) in [6.45, 7) is 6.97. The number of esters is 1. The summed E-state index contributed by atoms with van der Waals surface area (Å²) in [5.41, 5.74) is 0.531. The number of carbonyl (C=O) groups excluding carboxylic acids is 2. The lowest BCUT2D eigenvalue weighted by Gasteiger charge is -2.30. The van der Waals surface area contributed by atoms with Gasteiger partial charge in [0.1, 0.15) is 0 Å². The predicted octanol–water partition coefficient (Wildman–Crippen LogP) is 0.809. The molecule has 2 rings (SSSR count). The first-order valence-electron chi connectivity index (χ1n) is 8.35. The number of carbonyl (C=O) groups is 2. The van der Waals surface area contributed by atoms with Crippen LogP contribution in [0.4, 0.5) is 0 Å². The Bertz CT molecular complexity index is 518. The lowest BCUT2D eigenvalue weighted by atomic mass is 10.2. The second-order valence-corrected chi connectivity index (χ2v) is 5.54. The molecule has 0 atom stereocenters. The molecule has 1 aromatic rings. The minimum Gasteiger partial charge on any atom is -0.466 e. The normalized spacial score (nSPS) is 15.0. The molecule has 0 aromatic carbocycles. The number of rotatable bonds is 8. The van der Waals surface area contributed by atoms with Gasteiger partial charge in [0.2, 0.25) is 0 Å². The van der Waals surface area contributed by atoms with Crippen LogP contribution in [-0.2, 0) is 14.3 Å². The summed E-state index contributed by atoms with van der Waals surface area (Å²) >= 11 is 0. The van der Waals surface area contributed by atoms with Gasteiger partial charge in [0.25, 0.3) is 5.91 Å². The molecule has 1 aliphatic rings. The molecule has 1 saturated heterocycles. The molecular weight excluding hydrogens is 310 g/mol. The summed E-state index contributed by atoms with van der Waals surface area (Å²) in [7, 11) is 0. The van der Waals surface area contributed by atoms with Crippen molar-refractivity contribution in [1.29, 1.82) is 0 Å². The van der Waals surface area contributed by atoms with Crippen molar-refractivity contribution >= 4 is 11.9 Å². The van der Waals surface area contributed by atoms with E-state index in [0.717, 1.165) is 32.8 Å². The highest BCUT2D eigenvalue weighted by molar-refractivity contribution is 5.94. The third-order valence-electron chi connectivity index (χ3n) is 3.88. The fourth-order valence-corrected chi connectivity index (χ4v) is 2.53. The third kappa shape index (κ3) is 5.90. The average molecular weight is 335 g/mol. The van der Waals surface area contributed by atoms with Crippen LogP contribution in [0.25, 0.3) is 0 Å². The van der Waals surface area contributed by atoms with E-state index in [9.17, 15) is 9.59 Å². The molecule has 0 spiro atoms. The lowest BCUT2D eigenvalue weighted by Crippen LogP contribution is -2.43. The van der Waals surface area contributed by atoms with E-state index in [4.69, 9.17) is 9.47 Å². The van der Waals surface area contributed by atoms with E-state index in [1.54, 1.807) is 36.4 Å². The Morgan fingerprint density at radius 2 is 2.12 bits per heavy atom. The average Bonchev–Trinajstić information content (AvgIpc) is 2.63. The molecule has 0 saturated carbocycles. The van der Waals surface area contributed by atoms with Gasteiger partial charge in [0.05, 0.1) is 31.8 Å². The van der Waals surface area contributed by atoms with E-state index in [1.165, 1.54) is 0 Å². The number of morpholine rings is 1. The Kier molecular flexibility index (Phi) is 7.64. The highest BCUT2D eigenvalue weighted by atomic mass is 16.5. The van der Waals surface area contributed by atoms with Gasteiger partial charge in [-0.2, -0.15) is 0 Å². The molecule has 1 aromatic heterocycles. The SMILES string of the molecule is CCOC(=O)CCN(CCN1CCOCC1)C(=O)c1cccnc1. The molecule has 132 valence electrons. The van der Waals surface area contributed by atoms with E-state index in [0.29, 0.717) is 25.3 Å². The summed E-state index contributed by atoms with van der Waals surface area (Å²) in [5, 5.41) is 0. The zero-order valence-electron chi connectivity index (χ0n) is 14.1. The number of hydrogen-bond acceptors (Lipinski definition) is 6. The summed E-state index contributed by atoms with van der Waals surface area (Å²) in [4.78, 5) is 32.2. The van der Waals surface area contributed by atoms with E-state index >= 15 is 0 Å². The molecule has 7 nitrogen and oxygen atoms in total. The van der Waals surface area contributed by atoms with Gasteiger partial charge in [-0.3, -0.25) is 19.5 Å². The smallest absolute Gasteiger partial charge is 0.307 e. The van der Waals surface area contributed by atoms with Gasteiger partial charge < -0.3 is 14.4 Å². The van der Waals surface area contributed by atoms with Crippen LogP contribution in [0.5, 0.6) is 0 Å². The van der Waals surface area contributed by atoms with Crippen molar-refractivity contribution < 1.29 is 19.1 Å². The Morgan fingerprint density at radius 3 is 2.79 bits per heavy atom. The van der Waals surface area contributed by atoms with E-state index in [-0.39, 0.29) is 18.3 Å². The van der Waals surface area contributed by atoms with Crippen LogP contribution < -0.4 is 0 Å². The minimum atomic E-state index is -0.284. The predicted molar refractivity (Wildman–Crippen MR) is 88.6 cm³/mol. The third-order valence-corrected chi connectivity index (χ3v) is 3.88. The van der Waals surface area contributed by atoms with Crippen molar-refractivity contribution in [2.75, 3.05) is 52.5 Å². The van der Waals surface area contributed by atoms with Crippen LogP contribution in [0.15, 0.2) is 24.5 Å². The summed E-state index contributed by atoms with van der Waals surface area (Å²) < 4.78 is 10.3. The Labute approximate surface area is 142 Å². The van der Waals surface area contributed by atoms with Crippen LogP contribution >= 0.6 is 0 Å². The van der Waals surface area contributed by atoms with Crippen molar-refractivity contribution in [3.8, 4) is 0 Å². The second-order valence-electron chi connectivity index (χ2n) is 5.54. The van der Waals surface area contributed by atoms with Crippen LogP contribution in [0.3, 0.4) is 0 Å². The summed E-state index contributed by atoms with van der Waals surface area (Å²) in [6, 6.07) is 3.47. The number of pyridine rings is 1. The van der Waals surface area contributed by atoms with Gasteiger partial charge in [-0.25, -0.2) is 0 Å². The Hall–Kier alpha value is -1.99. The zero-order chi connectivity index (χ0) is 17.2. The van der Waals surface area contributed by atoms with Crippen molar-refractivity contribution in [1.82, 2.24) is 14.8 Å². The standard InChI is InChI=1S/C17H25N3O4/c1-2-24-16(21)5-7-20(9-8-19-10-12-23-13-11-19)17(22)15-4-3-6-18-14-15/h3-4,6,14H,2,5,7-13H2,1H3. The van der Waals surface area contributed by atoms with Crippen LogP contribution in [0.1, 0.15) is 23.7 Å². The first-order chi connectivity index (χ1) is 11.7. The van der Waals surface area contributed by atoms with Crippen molar-refractivity contribution in [3.05, 3.63) is 30.1 Å². The van der Waals surface area contributed by atoms with E-state index in [2.05, 4.69) is 9.88 Å². The van der Waals surface area contributed by atoms with E-state index in [1.807, 2.05) is 0 Å². The highest BCUT2D eigenvalue weighted by Gasteiger charge is 2.19. The van der Waals surface area contributed by atoms with Crippen LogP contribution in [-0.4, -0.2) is 79.2 Å². The molecule has 1 amide bonds. The van der Waals surface area contributed by atoms with Crippen LogP contribution in [0.2, 0.25) is 0 Å². The molecule has 1 fully saturated rings. The van der Waals surface area contributed by atoms with Crippen molar-refractivity contribution in [3.63, 3.8) is 0 Å². The van der Waals surface area contributed by atoms with Crippen molar-refractivity contribution in [2.45, 2.75) is 13.3 Å². The number of hydrogen-bond donors (Lipinski definition) is 0. The maximum absolute atomic E-state index is 12.7. The molecule has 2 heterocycles. The number of ether oxygens (including phenoxy) is 2. The largest absolute Gasteiger partial charge is 0.466 e. The first kappa shape index (κ1) is 18.4. The summed E-state index contributed by atoms with van der Waals surface area (Å²) in [6.07, 6.45) is 3.38. The molecule has 0 radical (unpaired) electrons. The minimum absolute atomic E-state index is 0.111. The molecule has 7 heteroatoms. The zero-order valence-corrected chi connectivity index (χ0v) is 14.1. The molecule has 0 bridgehead atoms. The number of nitrogens with zero attached hydrogens (tertiary/aromatic N) is 3. The van der Waals surface area contributed by atoms with Gasteiger partial charge in [0, 0.05) is 45.1 Å². The van der Waals surface area contributed by atoms with Gasteiger partial charge >= 0.3 is 5.97 Å². The van der Waals surface area contributed by atoms with Gasteiger partial charge in [0.15, 0.2) is 0 Å². The first-order valence-corrected chi connectivity index (χ1v) is 8.35. The monoisotopic (exact) mass is 335 g/mol. The molecule has 0 N–H and O–H groups in total. The fourth-order valence-electron chi connectivity index (χ4n) is 2.53. The van der Waals surface area contributed by atoms with Gasteiger partial charge in [-0.05, 0) is 19.1 Å². The number of aromatic nitrogens is 1. The Balaban J connectivity index is 1.94. The molecule has 1 aliphatic heterocycles. The van der Waals surface area contributed by atoms with Gasteiger partial charge in [-0.15, -0.1) is 0 Å². The van der Waals surface area contributed by atoms with E-state index < -0.39 is 0 Å². The summed E-state index contributed by atoms with van der Waals surface area (Å²) in [5.74, 6) is -0.395. The maximum atomic E-state index is 12.7. The molecular formula is C17H25N3O4. The molecule has 0 unspecified atom stereocenters. The maximum Gasteiger partial charge on any atom is 0.307 e. The lowest BCUT2D eigenvalue weighted by molar-refractivity contribution is -0.143. The number of amides is 1. The Morgan fingerprint density at radius 1 is 1.33 bits per heavy atom. The van der Waals surface area contributed by atoms with Gasteiger partial charge in [-0.1, -0.05) is 0 Å². The molecule has 24 heavy (non-hydrogen) atoms. The van der Waals surface area contributed by atoms with Crippen LogP contribution in [0, 0.1) is 0 Å².